The molecule has 2 unspecified atom stereocenters. The topological polar surface area (TPSA) is 48.9 Å². The van der Waals surface area contributed by atoms with Gasteiger partial charge in [-0.05, 0) is 77.3 Å². The molecule has 0 saturated carbocycles. The van der Waals surface area contributed by atoms with Crippen molar-refractivity contribution in [3.8, 4) is 5.75 Å². The minimum atomic E-state index is -0.259. The smallest absolute Gasteiger partial charge is 0.191 e. The number of rotatable bonds is 8. The van der Waals surface area contributed by atoms with Gasteiger partial charge in [0, 0.05) is 25.7 Å². The molecular formula is C21H36FIN4O. The quantitative estimate of drug-likeness (QED) is 0.319. The summed E-state index contributed by atoms with van der Waals surface area (Å²) >= 11 is 0. The summed E-state index contributed by atoms with van der Waals surface area (Å²) in [5, 5.41) is 6.79. The third-order valence-corrected chi connectivity index (χ3v) is 4.84. The molecule has 1 aromatic rings. The molecule has 5 nitrogen and oxygen atoms in total. The molecule has 160 valence electrons. The third kappa shape index (κ3) is 8.94. The van der Waals surface area contributed by atoms with Crippen molar-refractivity contribution in [3.05, 3.63) is 30.1 Å². The number of aliphatic imine (C=N–C) groups is 1. The van der Waals surface area contributed by atoms with E-state index in [1.807, 2.05) is 6.92 Å². The first-order chi connectivity index (χ1) is 13.0. The second-order valence-corrected chi connectivity index (χ2v) is 7.58. The molecule has 1 aliphatic heterocycles. The van der Waals surface area contributed by atoms with Crippen LogP contribution in [-0.2, 0) is 0 Å². The molecule has 1 fully saturated rings. The fourth-order valence-electron chi connectivity index (χ4n) is 3.32. The number of benzene rings is 1. The van der Waals surface area contributed by atoms with E-state index in [4.69, 9.17) is 4.74 Å². The van der Waals surface area contributed by atoms with Gasteiger partial charge in [0.15, 0.2) is 5.96 Å². The van der Waals surface area contributed by atoms with Crippen molar-refractivity contribution in [1.29, 1.82) is 0 Å². The second kappa shape index (κ2) is 13.2. The highest BCUT2D eigenvalue weighted by molar-refractivity contribution is 14.0. The highest BCUT2D eigenvalue weighted by Gasteiger charge is 2.21. The first-order valence-corrected chi connectivity index (χ1v) is 10.2. The zero-order valence-electron chi connectivity index (χ0n) is 17.6. The van der Waals surface area contributed by atoms with Crippen LogP contribution < -0.4 is 15.4 Å². The van der Waals surface area contributed by atoms with Crippen molar-refractivity contribution < 1.29 is 9.13 Å². The molecule has 2 N–H and O–H groups in total. The van der Waals surface area contributed by atoms with Crippen LogP contribution >= 0.6 is 24.0 Å². The molecule has 7 heteroatoms. The predicted molar refractivity (Wildman–Crippen MR) is 125 cm³/mol. The Morgan fingerprint density at radius 1 is 1.25 bits per heavy atom. The summed E-state index contributed by atoms with van der Waals surface area (Å²) in [6, 6.07) is 6.70. The summed E-state index contributed by atoms with van der Waals surface area (Å²) in [5.74, 6) is 1.88. The Morgan fingerprint density at radius 3 is 2.61 bits per heavy atom. The molecule has 0 radical (unpaired) electrons. The number of likely N-dealkylation sites (tertiary alicyclic amines) is 1. The molecule has 0 aliphatic carbocycles. The van der Waals surface area contributed by atoms with Crippen molar-refractivity contribution in [2.24, 2.45) is 10.9 Å². The van der Waals surface area contributed by atoms with Crippen LogP contribution in [0, 0.1) is 11.7 Å². The van der Waals surface area contributed by atoms with Crippen LogP contribution in [0.3, 0.4) is 0 Å². The van der Waals surface area contributed by atoms with E-state index in [0.29, 0.717) is 24.3 Å². The molecule has 0 bridgehead atoms. The molecule has 2 atom stereocenters. The summed E-state index contributed by atoms with van der Waals surface area (Å²) in [6.07, 6.45) is 2.44. The number of nitrogens with one attached hydrogen (secondary N) is 2. The second-order valence-electron chi connectivity index (χ2n) is 7.58. The zero-order valence-corrected chi connectivity index (χ0v) is 19.9. The summed E-state index contributed by atoms with van der Waals surface area (Å²) in [7, 11) is 0. The van der Waals surface area contributed by atoms with E-state index in [-0.39, 0.29) is 35.9 Å². The van der Waals surface area contributed by atoms with Crippen LogP contribution in [0.1, 0.15) is 40.5 Å². The van der Waals surface area contributed by atoms with E-state index in [0.717, 1.165) is 25.6 Å². The highest BCUT2D eigenvalue weighted by Crippen LogP contribution is 2.17. The summed E-state index contributed by atoms with van der Waals surface area (Å²) in [5.41, 5.74) is 0. The van der Waals surface area contributed by atoms with Gasteiger partial charge < -0.3 is 20.3 Å². The summed E-state index contributed by atoms with van der Waals surface area (Å²) < 4.78 is 18.8. The Labute approximate surface area is 186 Å². The van der Waals surface area contributed by atoms with Gasteiger partial charge in [0.05, 0.1) is 6.54 Å². The minimum absolute atomic E-state index is 0. The van der Waals surface area contributed by atoms with Crippen LogP contribution in [0.4, 0.5) is 4.39 Å². The first kappa shape index (κ1) is 24.9. The number of ether oxygens (including phenoxy) is 1. The van der Waals surface area contributed by atoms with E-state index >= 15 is 0 Å². The molecule has 1 saturated heterocycles. The summed E-state index contributed by atoms with van der Waals surface area (Å²) in [4.78, 5) is 7.20. The lowest BCUT2D eigenvalue weighted by Gasteiger charge is -2.35. The van der Waals surface area contributed by atoms with Crippen molar-refractivity contribution >= 4 is 29.9 Å². The predicted octanol–water partition coefficient (Wildman–Crippen LogP) is 3.89. The number of hydrogen-bond acceptors (Lipinski definition) is 3. The van der Waals surface area contributed by atoms with Crippen LogP contribution in [0.5, 0.6) is 5.75 Å². The van der Waals surface area contributed by atoms with Crippen molar-refractivity contribution in [2.45, 2.75) is 52.7 Å². The average Bonchev–Trinajstić information content (AvgIpc) is 2.66. The molecule has 0 spiro atoms. The Kier molecular flexibility index (Phi) is 11.8. The molecule has 1 aliphatic rings. The number of hydrogen-bond donors (Lipinski definition) is 2. The Bertz CT molecular complexity index is 582. The molecular weight excluding hydrogens is 470 g/mol. The van der Waals surface area contributed by atoms with Gasteiger partial charge in [0.1, 0.15) is 17.7 Å². The lowest BCUT2D eigenvalue weighted by Crippen LogP contribution is -2.46. The lowest BCUT2D eigenvalue weighted by molar-refractivity contribution is 0.141. The number of nitrogens with zero attached hydrogens (tertiary/aromatic N) is 2. The van der Waals surface area contributed by atoms with Gasteiger partial charge >= 0.3 is 0 Å². The maximum Gasteiger partial charge on any atom is 0.191 e. The number of halogens is 2. The molecule has 0 amide bonds. The number of piperidine rings is 1. The standard InChI is InChI=1S/C21H35FN4O.HI/c1-5-23-21(25-14-18-7-6-12-26(15-18)16(2)3)24-13-17(4)27-20-10-8-19(22)9-11-20;/h8-11,16-18H,5-7,12-15H2,1-4H3,(H2,23,24,25);1H. The Morgan fingerprint density at radius 2 is 1.96 bits per heavy atom. The SMILES string of the molecule is CCNC(=NCC(C)Oc1ccc(F)cc1)NCC1CCCN(C(C)C)C1.I. The van der Waals surface area contributed by atoms with Crippen molar-refractivity contribution in [1.82, 2.24) is 15.5 Å². The Balaban J connectivity index is 0.00000392. The molecule has 2 rings (SSSR count). The van der Waals surface area contributed by atoms with E-state index in [9.17, 15) is 4.39 Å². The monoisotopic (exact) mass is 506 g/mol. The van der Waals surface area contributed by atoms with Crippen LogP contribution in [-0.4, -0.2) is 55.7 Å². The molecule has 28 heavy (non-hydrogen) atoms. The van der Waals surface area contributed by atoms with Gasteiger partial charge in [0.25, 0.3) is 0 Å². The van der Waals surface area contributed by atoms with Crippen molar-refractivity contribution in [3.63, 3.8) is 0 Å². The first-order valence-electron chi connectivity index (χ1n) is 10.2. The van der Waals surface area contributed by atoms with Crippen molar-refractivity contribution in [2.75, 3.05) is 32.7 Å². The van der Waals surface area contributed by atoms with Gasteiger partial charge in [0.2, 0.25) is 0 Å². The minimum Gasteiger partial charge on any atom is -0.489 e. The van der Waals surface area contributed by atoms with Gasteiger partial charge in [-0.1, -0.05) is 0 Å². The van der Waals surface area contributed by atoms with Gasteiger partial charge in [-0.3, -0.25) is 0 Å². The summed E-state index contributed by atoms with van der Waals surface area (Å²) in [6.45, 7) is 13.2. The maximum absolute atomic E-state index is 13.0. The van der Waals surface area contributed by atoms with E-state index in [2.05, 4.69) is 41.3 Å². The largest absolute Gasteiger partial charge is 0.489 e. The fourth-order valence-corrected chi connectivity index (χ4v) is 3.32. The average molecular weight is 506 g/mol. The fraction of sp³-hybridized carbons (Fsp3) is 0.667. The molecule has 1 heterocycles. The third-order valence-electron chi connectivity index (χ3n) is 4.84. The van der Waals surface area contributed by atoms with E-state index in [1.54, 1.807) is 12.1 Å². The Hall–Kier alpha value is -1.09. The van der Waals surface area contributed by atoms with Crippen LogP contribution in [0.15, 0.2) is 29.3 Å². The van der Waals surface area contributed by atoms with Gasteiger partial charge in [-0.2, -0.15) is 0 Å². The van der Waals surface area contributed by atoms with Gasteiger partial charge in [-0.15, -0.1) is 24.0 Å². The zero-order chi connectivity index (χ0) is 19.6. The normalized spacial score (nSPS) is 19.1. The molecule has 1 aromatic carbocycles. The highest BCUT2D eigenvalue weighted by atomic mass is 127. The van der Waals surface area contributed by atoms with E-state index < -0.39 is 0 Å². The van der Waals surface area contributed by atoms with Crippen LogP contribution in [0.2, 0.25) is 0 Å². The molecule has 0 aromatic heterocycles. The van der Waals surface area contributed by atoms with Crippen LogP contribution in [0.25, 0.3) is 0 Å². The number of guanidine groups is 1. The van der Waals surface area contributed by atoms with E-state index in [1.165, 1.54) is 31.5 Å². The van der Waals surface area contributed by atoms with Gasteiger partial charge in [-0.25, -0.2) is 9.38 Å². The lowest BCUT2D eigenvalue weighted by atomic mass is 9.97. The maximum atomic E-state index is 13.0.